The van der Waals surface area contributed by atoms with Gasteiger partial charge in [-0.05, 0) is 50.3 Å². The summed E-state index contributed by atoms with van der Waals surface area (Å²) in [5.41, 5.74) is 0.900. The number of hydrogen-bond donors (Lipinski definition) is 1. The number of furan rings is 1. The number of ether oxygens (including phenoxy) is 1. The number of hydrogen-bond acceptors (Lipinski definition) is 5. The van der Waals surface area contributed by atoms with E-state index in [0.717, 1.165) is 11.3 Å². The normalized spacial score (nSPS) is 11.3. The highest BCUT2D eigenvalue weighted by Gasteiger charge is 2.06. The predicted octanol–water partition coefficient (Wildman–Crippen LogP) is 4.27. The lowest BCUT2D eigenvalue weighted by atomic mass is 10.2. The van der Waals surface area contributed by atoms with Crippen LogP contribution in [0.1, 0.15) is 22.9 Å². The molecule has 0 saturated heterocycles. The van der Waals surface area contributed by atoms with Gasteiger partial charge in [-0.15, -0.1) is 0 Å². The van der Waals surface area contributed by atoms with E-state index >= 15 is 0 Å². The van der Waals surface area contributed by atoms with Crippen molar-refractivity contribution in [2.75, 3.05) is 0 Å². The summed E-state index contributed by atoms with van der Waals surface area (Å²) >= 11 is 11.2. The molecular formula is C16H15ClN4O2S. The maximum absolute atomic E-state index is 6.08. The molecule has 0 atom stereocenters. The van der Waals surface area contributed by atoms with Crippen LogP contribution in [-0.2, 0) is 6.61 Å². The lowest BCUT2D eigenvalue weighted by Crippen LogP contribution is -1.96. The summed E-state index contributed by atoms with van der Waals surface area (Å²) < 4.78 is 13.4. The van der Waals surface area contributed by atoms with E-state index in [1.165, 1.54) is 4.68 Å². The Labute approximate surface area is 148 Å². The Morgan fingerprint density at radius 3 is 2.96 bits per heavy atom. The monoisotopic (exact) mass is 362 g/mol. The van der Waals surface area contributed by atoms with Gasteiger partial charge >= 0.3 is 0 Å². The quantitative estimate of drug-likeness (QED) is 0.543. The zero-order valence-corrected chi connectivity index (χ0v) is 14.7. The number of H-pyrrole nitrogens is 1. The van der Waals surface area contributed by atoms with Crippen molar-refractivity contribution < 1.29 is 9.15 Å². The van der Waals surface area contributed by atoms with Gasteiger partial charge in [-0.2, -0.15) is 14.9 Å². The van der Waals surface area contributed by atoms with Crippen molar-refractivity contribution in [3.8, 4) is 5.75 Å². The third kappa shape index (κ3) is 3.58. The van der Waals surface area contributed by atoms with Crippen LogP contribution in [0, 0.1) is 18.6 Å². The van der Waals surface area contributed by atoms with Gasteiger partial charge in [0.15, 0.2) is 0 Å². The zero-order valence-electron chi connectivity index (χ0n) is 13.1. The Morgan fingerprint density at radius 2 is 2.21 bits per heavy atom. The molecule has 0 aliphatic rings. The SMILES string of the molecule is Cc1c(Cl)cccc1OCc1ccc(/C=N\n2c(C)n[nH]c2=S)o1. The molecule has 2 aromatic heterocycles. The number of rotatable bonds is 5. The van der Waals surface area contributed by atoms with Crippen LogP contribution >= 0.6 is 23.8 Å². The van der Waals surface area contributed by atoms with Crippen molar-refractivity contribution in [2.45, 2.75) is 20.5 Å². The number of nitrogens with zero attached hydrogens (tertiary/aromatic N) is 3. The summed E-state index contributed by atoms with van der Waals surface area (Å²) in [4.78, 5) is 0. The fourth-order valence-corrected chi connectivity index (χ4v) is 2.45. The van der Waals surface area contributed by atoms with E-state index in [-0.39, 0.29) is 0 Å². The van der Waals surface area contributed by atoms with E-state index in [2.05, 4.69) is 15.3 Å². The first-order valence-electron chi connectivity index (χ1n) is 7.19. The summed E-state index contributed by atoms with van der Waals surface area (Å²) in [7, 11) is 0. The van der Waals surface area contributed by atoms with Crippen LogP contribution in [0.3, 0.4) is 0 Å². The molecule has 0 spiro atoms. The number of aromatic amines is 1. The Bertz CT molecular complexity index is 942. The second kappa shape index (κ2) is 7.02. The molecule has 0 radical (unpaired) electrons. The van der Waals surface area contributed by atoms with E-state index in [1.54, 1.807) is 13.1 Å². The molecule has 0 aliphatic heterocycles. The van der Waals surface area contributed by atoms with E-state index in [0.29, 0.717) is 33.7 Å². The van der Waals surface area contributed by atoms with Crippen LogP contribution in [0.2, 0.25) is 5.02 Å². The van der Waals surface area contributed by atoms with Gasteiger partial charge in [0.2, 0.25) is 4.77 Å². The van der Waals surface area contributed by atoms with Crippen molar-refractivity contribution >= 4 is 30.0 Å². The minimum atomic E-state index is 0.305. The fourth-order valence-electron chi connectivity index (χ4n) is 2.06. The zero-order chi connectivity index (χ0) is 17.1. The molecule has 0 amide bonds. The smallest absolute Gasteiger partial charge is 0.216 e. The third-order valence-electron chi connectivity index (χ3n) is 3.38. The maximum Gasteiger partial charge on any atom is 0.216 e. The molecule has 0 unspecified atom stereocenters. The van der Waals surface area contributed by atoms with Crippen molar-refractivity contribution in [1.29, 1.82) is 0 Å². The number of aromatic nitrogens is 3. The van der Waals surface area contributed by atoms with Gasteiger partial charge in [0.1, 0.15) is 29.7 Å². The topological polar surface area (TPSA) is 68.3 Å². The summed E-state index contributed by atoms with van der Waals surface area (Å²) in [6.45, 7) is 4.02. The average molecular weight is 363 g/mol. The number of halogens is 1. The van der Waals surface area contributed by atoms with Crippen LogP contribution in [0.5, 0.6) is 5.75 Å². The van der Waals surface area contributed by atoms with E-state index in [1.807, 2.05) is 37.3 Å². The standard InChI is InChI=1S/C16H15ClN4O2S/c1-10-14(17)4-3-5-15(10)22-9-13-7-6-12(23-13)8-18-21-11(2)19-20-16(21)24/h3-8H,9H2,1-2H3,(H,20,24)/b18-8-. The van der Waals surface area contributed by atoms with Gasteiger partial charge in [-0.3, -0.25) is 5.10 Å². The lowest BCUT2D eigenvalue weighted by Gasteiger charge is -2.08. The van der Waals surface area contributed by atoms with Crippen molar-refractivity contribution in [2.24, 2.45) is 5.10 Å². The molecule has 124 valence electrons. The second-order valence-electron chi connectivity index (χ2n) is 5.09. The van der Waals surface area contributed by atoms with Gasteiger partial charge in [-0.1, -0.05) is 17.7 Å². The molecule has 3 rings (SSSR count). The largest absolute Gasteiger partial charge is 0.485 e. The molecular weight excluding hydrogens is 348 g/mol. The van der Waals surface area contributed by atoms with Crippen molar-refractivity contribution in [1.82, 2.24) is 14.9 Å². The Morgan fingerprint density at radius 1 is 1.38 bits per heavy atom. The molecule has 1 N–H and O–H groups in total. The number of aryl methyl sites for hydroxylation is 1. The Hall–Kier alpha value is -2.38. The number of benzene rings is 1. The predicted molar refractivity (Wildman–Crippen MR) is 94.4 cm³/mol. The molecule has 1 aromatic carbocycles. The molecule has 3 aromatic rings. The highest BCUT2D eigenvalue weighted by Crippen LogP contribution is 2.25. The maximum atomic E-state index is 6.08. The number of nitrogens with one attached hydrogen (secondary N) is 1. The second-order valence-corrected chi connectivity index (χ2v) is 5.88. The fraction of sp³-hybridized carbons (Fsp3) is 0.188. The lowest BCUT2D eigenvalue weighted by molar-refractivity contribution is 0.268. The van der Waals surface area contributed by atoms with Gasteiger partial charge in [0, 0.05) is 10.6 Å². The van der Waals surface area contributed by atoms with Crippen LogP contribution < -0.4 is 4.74 Å². The molecule has 0 fully saturated rings. The van der Waals surface area contributed by atoms with E-state index < -0.39 is 0 Å². The highest BCUT2D eigenvalue weighted by atomic mass is 35.5. The Kier molecular flexibility index (Phi) is 4.82. The summed E-state index contributed by atoms with van der Waals surface area (Å²) in [6.07, 6.45) is 1.58. The minimum absolute atomic E-state index is 0.305. The van der Waals surface area contributed by atoms with Crippen LogP contribution in [-0.4, -0.2) is 21.1 Å². The van der Waals surface area contributed by atoms with Gasteiger partial charge in [0.05, 0.1) is 6.21 Å². The van der Waals surface area contributed by atoms with E-state index in [4.69, 9.17) is 33.0 Å². The van der Waals surface area contributed by atoms with Crippen molar-refractivity contribution in [3.05, 3.63) is 63.0 Å². The third-order valence-corrected chi connectivity index (χ3v) is 4.06. The highest BCUT2D eigenvalue weighted by molar-refractivity contribution is 7.71. The molecule has 2 heterocycles. The molecule has 8 heteroatoms. The molecule has 6 nitrogen and oxygen atoms in total. The first kappa shape index (κ1) is 16.5. The van der Waals surface area contributed by atoms with Crippen LogP contribution in [0.4, 0.5) is 0 Å². The van der Waals surface area contributed by atoms with Gasteiger partial charge in [-0.25, -0.2) is 0 Å². The Balaban J connectivity index is 1.68. The van der Waals surface area contributed by atoms with Crippen molar-refractivity contribution in [3.63, 3.8) is 0 Å². The van der Waals surface area contributed by atoms with Crippen LogP contribution in [0.25, 0.3) is 0 Å². The van der Waals surface area contributed by atoms with Crippen LogP contribution in [0.15, 0.2) is 39.9 Å². The molecule has 0 saturated carbocycles. The summed E-state index contributed by atoms with van der Waals surface area (Å²) in [5, 5.41) is 11.6. The van der Waals surface area contributed by atoms with Gasteiger partial charge < -0.3 is 9.15 Å². The summed E-state index contributed by atoms with van der Waals surface area (Å²) in [5.74, 6) is 2.68. The van der Waals surface area contributed by atoms with E-state index in [9.17, 15) is 0 Å². The minimum Gasteiger partial charge on any atom is -0.485 e. The van der Waals surface area contributed by atoms with Gasteiger partial charge in [0.25, 0.3) is 0 Å². The first-order valence-corrected chi connectivity index (χ1v) is 7.98. The molecule has 0 aliphatic carbocycles. The molecule has 0 bridgehead atoms. The molecule has 24 heavy (non-hydrogen) atoms. The first-order chi connectivity index (χ1) is 11.5. The summed E-state index contributed by atoms with van der Waals surface area (Å²) in [6, 6.07) is 9.20. The average Bonchev–Trinajstić information content (AvgIpc) is 3.14.